The Morgan fingerprint density at radius 2 is 2.04 bits per heavy atom. The Balaban J connectivity index is 1.47. The van der Waals surface area contributed by atoms with Gasteiger partial charge in [0.1, 0.15) is 11.5 Å². The molecule has 1 aliphatic rings. The summed E-state index contributed by atoms with van der Waals surface area (Å²) >= 11 is 1.13. The highest BCUT2D eigenvalue weighted by Gasteiger charge is 2.28. The second kappa shape index (κ2) is 9.78. The maximum absolute atomic E-state index is 13.6. The number of amides is 1. The highest BCUT2D eigenvalue weighted by molar-refractivity contribution is 8.00. The molecule has 0 saturated carbocycles. The average molecular weight is 405 g/mol. The van der Waals surface area contributed by atoms with Crippen molar-refractivity contribution in [2.45, 2.75) is 36.6 Å². The number of carbonyl (C=O) groups is 2. The average Bonchev–Trinajstić information content (AvgIpc) is 3.13. The van der Waals surface area contributed by atoms with Crippen LogP contribution in [0.5, 0.6) is 0 Å². The van der Waals surface area contributed by atoms with Crippen molar-refractivity contribution in [3.63, 3.8) is 0 Å². The summed E-state index contributed by atoms with van der Waals surface area (Å²) in [7, 11) is 1.86. The number of hydrogen-bond donors (Lipinski definition) is 0. The summed E-state index contributed by atoms with van der Waals surface area (Å²) in [6, 6.07) is 10.1. The van der Waals surface area contributed by atoms with Gasteiger partial charge in [-0.25, -0.2) is 4.39 Å². The number of carbonyl (C=O) groups excluding carboxylic acids is 2. The molecule has 0 aliphatic carbocycles. The van der Waals surface area contributed by atoms with E-state index in [0.717, 1.165) is 37.6 Å². The van der Waals surface area contributed by atoms with E-state index in [4.69, 9.17) is 4.74 Å². The van der Waals surface area contributed by atoms with Gasteiger partial charge in [0, 0.05) is 37.1 Å². The molecule has 1 unspecified atom stereocenters. The number of ether oxygens (including phenoxy) is 1. The van der Waals surface area contributed by atoms with Crippen LogP contribution in [-0.2, 0) is 16.6 Å². The van der Waals surface area contributed by atoms with E-state index in [2.05, 4.69) is 0 Å². The first-order valence-electron chi connectivity index (χ1n) is 9.51. The van der Waals surface area contributed by atoms with E-state index in [0.29, 0.717) is 17.0 Å². The highest BCUT2D eigenvalue weighted by Crippen LogP contribution is 2.23. The third kappa shape index (κ3) is 5.16. The van der Waals surface area contributed by atoms with Crippen LogP contribution in [0, 0.1) is 5.82 Å². The topological polar surface area (TPSA) is 51.5 Å². The fraction of sp³-hybridized carbons (Fsp3) is 0.429. The minimum atomic E-state index is -0.371. The van der Waals surface area contributed by atoms with Gasteiger partial charge in [-0.3, -0.25) is 9.59 Å². The molecule has 2 aromatic rings. The Bertz CT molecular complexity index is 823. The first-order chi connectivity index (χ1) is 13.6. The second-order valence-corrected chi connectivity index (χ2v) is 7.90. The van der Waals surface area contributed by atoms with E-state index in [1.807, 2.05) is 34.8 Å². The fourth-order valence-electron chi connectivity index (χ4n) is 3.45. The molecule has 1 aliphatic heterocycles. The number of hydrogen-bond acceptors (Lipinski definition) is 4. The van der Waals surface area contributed by atoms with E-state index in [1.165, 1.54) is 6.07 Å². The highest BCUT2D eigenvalue weighted by atomic mass is 32.2. The zero-order valence-electron chi connectivity index (χ0n) is 16.0. The quantitative estimate of drug-likeness (QED) is 0.519. The number of benzene rings is 1. The molecule has 1 aromatic carbocycles. The van der Waals surface area contributed by atoms with Crippen LogP contribution < -0.4 is 0 Å². The van der Waals surface area contributed by atoms with Crippen molar-refractivity contribution in [3.8, 4) is 0 Å². The molecule has 0 N–H and O–H groups in total. The van der Waals surface area contributed by atoms with Gasteiger partial charge in [-0.1, -0.05) is 12.1 Å². The largest absolute Gasteiger partial charge is 0.465 e. The lowest BCUT2D eigenvalue weighted by molar-refractivity contribution is -0.140. The third-order valence-corrected chi connectivity index (χ3v) is 5.97. The summed E-state index contributed by atoms with van der Waals surface area (Å²) < 4.78 is 20.7. The molecule has 1 aromatic heterocycles. The van der Waals surface area contributed by atoms with Crippen LogP contribution >= 0.6 is 11.8 Å². The summed E-state index contributed by atoms with van der Waals surface area (Å²) in [4.78, 5) is 27.1. The zero-order chi connectivity index (χ0) is 19.9. The van der Waals surface area contributed by atoms with Gasteiger partial charge in [0.05, 0.1) is 12.4 Å². The predicted octanol–water partition coefficient (Wildman–Crippen LogP) is 3.88. The Morgan fingerprint density at radius 3 is 2.79 bits per heavy atom. The van der Waals surface area contributed by atoms with E-state index in [-0.39, 0.29) is 36.1 Å². The van der Waals surface area contributed by atoms with E-state index in [1.54, 1.807) is 18.2 Å². The normalized spacial score (nSPS) is 16.8. The Hall–Kier alpha value is -2.28. The summed E-state index contributed by atoms with van der Waals surface area (Å²) in [6.45, 7) is 0.990. The summed E-state index contributed by atoms with van der Waals surface area (Å²) in [5.41, 5.74) is 0.671. The van der Waals surface area contributed by atoms with Gasteiger partial charge in [-0.15, -0.1) is 11.8 Å². The maximum Gasteiger partial charge on any atom is 0.316 e. The molecular formula is C21H25FN2O3S. The van der Waals surface area contributed by atoms with Crippen LogP contribution in [0.2, 0.25) is 0 Å². The number of rotatable bonds is 7. The van der Waals surface area contributed by atoms with Crippen LogP contribution in [-0.4, -0.2) is 46.3 Å². The van der Waals surface area contributed by atoms with Gasteiger partial charge in [0.25, 0.3) is 5.91 Å². The number of nitrogens with zero attached hydrogens (tertiary/aromatic N) is 2. The van der Waals surface area contributed by atoms with Gasteiger partial charge in [-0.2, -0.15) is 0 Å². The standard InChI is InChI=1S/C21H25FN2O3S/c1-23-12-6-9-18(23)21(26)24-13-5-4-7-16(24)11-14-27-20(25)15-28-19-10-3-2-8-17(19)22/h2-3,6,8-10,12,16H,4-5,7,11,13-15H2,1H3. The number of likely N-dealkylation sites (tertiary alicyclic amines) is 1. The van der Waals surface area contributed by atoms with Crippen molar-refractivity contribution in [2.24, 2.45) is 7.05 Å². The van der Waals surface area contributed by atoms with Crippen LogP contribution in [0.15, 0.2) is 47.5 Å². The van der Waals surface area contributed by atoms with E-state index >= 15 is 0 Å². The SMILES string of the molecule is Cn1cccc1C(=O)N1CCCCC1CCOC(=O)CSc1ccccc1F. The third-order valence-electron chi connectivity index (χ3n) is 4.95. The summed E-state index contributed by atoms with van der Waals surface area (Å²) in [6.07, 6.45) is 5.45. The van der Waals surface area contributed by atoms with Gasteiger partial charge >= 0.3 is 5.97 Å². The van der Waals surface area contributed by atoms with Crippen molar-refractivity contribution in [3.05, 3.63) is 54.1 Å². The van der Waals surface area contributed by atoms with Gasteiger partial charge in [0.15, 0.2) is 0 Å². The molecule has 3 rings (SSSR count). The second-order valence-electron chi connectivity index (χ2n) is 6.88. The molecule has 5 nitrogen and oxygen atoms in total. The Morgan fingerprint density at radius 1 is 1.21 bits per heavy atom. The molecule has 1 amide bonds. The Labute approximate surface area is 168 Å². The Kier molecular flexibility index (Phi) is 7.14. The van der Waals surface area contributed by atoms with Crippen LogP contribution in [0.4, 0.5) is 4.39 Å². The number of piperidine rings is 1. The number of aromatic nitrogens is 1. The van der Waals surface area contributed by atoms with Gasteiger partial charge < -0.3 is 14.2 Å². The monoisotopic (exact) mass is 404 g/mol. The molecule has 0 bridgehead atoms. The van der Waals surface area contributed by atoms with Crippen molar-refractivity contribution in [1.82, 2.24) is 9.47 Å². The molecule has 150 valence electrons. The first kappa shape index (κ1) is 20.5. The molecule has 0 spiro atoms. The molecule has 1 fully saturated rings. The number of halogens is 1. The summed E-state index contributed by atoms with van der Waals surface area (Å²) in [5.74, 6) is -0.613. The zero-order valence-corrected chi connectivity index (χ0v) is 16.8. The maximum atomic E-state index is 13.6. The van der Waals surface area contributed by atoms with Crippen LogP contribution in [0.3, 0.4) is 0 Å². The lowest BCUT2D eigenvalue weighted by Crippen LogP contribution is -2.44. The van der Waals surface area contributed by atoms with Gasteiger partial charge in [0.2, 0.25) is 0 Å². The van der Waals surface area contributed by atoms with E-state index < -0.39 is 0 Å². The van der Waals surface area contributed by atoms with Crippen molar-refractivity contribution >= 4 is 23.6 Å². The molecule has 7 heteroatoms. The van der Waals surface area contributed by atoms with Crippen LogP contribution in [0.25, 0.3) is 0 Å². The van der Waals surface area contributed by atoms with Crippen molar-refractivity contribution in [1.29, 1.82) is 0 Å². The molecule has 1 atom stereocenters. The number of thioether (sulfide) groups is 1. The van der Waals surface area contributed by atoms with Crippen LogP contribution in [0.1, 0.15) is 36.2 Å². The molecule has 2 heterocycles. The molecule has 0 radical (unpaired) electrons. The van der Waals surface area contributed by atoms with Crippen molar-refractivity contribution < 1.29 is 18.7 Å². The smallest absolute Gasteiger partial charge is 0.316 e. The number of esters is 1. The lowest BCUT2D eigenvalue weighted by atomic mass is 9.99. The lowest BCUT2D eigenvalue weighted by Gasteiger charge is -2.35. The number of aryl methyl sites for hydroxylation is 1. The van der Waals surface area contributed by atoms with Gasteiger partial charge in [-0.05, 0) is 43.5 Å². The molecule has 28 heavy (non-hydrogen) atoms. The first-order valence-corrected chi connectivity index (χ1v) is 10.5. The summed E-state index contributed by atoms with van der Waals surface area (Å²) in [5, 5.41) is 0. The molecule has 1 saturated heterocycles. The van der Waals surface area contributed by atoms with Crippen molar-refractivity contribution in [2.75, 3.05) is 18.9 Å². The fourth-order valence-corrected chi connectivity index (χ4v) is 4.18. The molecular weight excluding hydrogens is 379 g/mol. The minimum absolute atomic E-state index is 0.0265. The predicted molar refractivity (Wildman–Crippen MR) is 107 cm³/mol. The van der Waals surface area contributed by atoms with E-state index in [9.17, 15) is 14.0 Å². The minimum Gasteiger partial charge on any atom is -0.465 e.